The van der Waals surface area contributed by atoms with Crippen molar-refractivity contribution in [2.75, 3.05) is 0 Å². The lowest BCUT2D eigenvalue weighted by Gasteiger charge is -2.02. The van der Waals surface area contributed by atoms with Crippen molar-refractivity contribution in [1.82, 2.24) is 0 Å². The molecule has 1 N–H and O–H groups in total. The van der Waals surface area contributed by atoms with Crippen LogP contribution in [0.5, 0.6) is 0 Å². The van der Waals surface area contributed by atoms with Gasteiger partial charge in [-0.25, -0.2) is 0 Å². The van der Waals surface area contributed by atoms with E-state index < -0.39 is 0 Å². The summed E-state index contributed by atoms with van der Waals surface area (Å²) in [6.07, 6.45) is 1.27. The number of carbonyl (C=O) groups excluding carboxylic acids is 1. The third kappa shape index (κ3) is 3.16. The van der Waals surface area contributed by atoms with Gasteiger partial charge in [0.1, 0.15) is 5.71 Å². The van der Waals surface area contributed by atoms with Gasteiger partial charge in [-0.3, -0.25) is 4.79 Å². The SMILES string of the molecule is CCC/C(=N\O)C(=O)c1ccc(Br)cc1. The molecule has 1 rings (SSSR count). The highest BCUT2D eigenvalue weighted by atomic mass is 79.9. The van der Waals surface area contributed by atoms with Crippen LogP contribution in [-0.2, 0) is 0 Å². The number of halogens is 1. The Balaban J connectivity index is 2.88. The second-order valence-corrected chi connectivity index (χ2v) is 4.05. The van der Waals surface area contributed by atoms with Gasteiger partial charge in [-0.1, -0.05) is 34.4 Å². The number of nitrogens with zero attached hydrogens (tertiary/aromatic N) is 1. The molecule has 0 spiro atoms. The summed E-state index contributed by atoms with van der Waals surface area (Å²) < 4.78 is 0.914. The van der Waals surface area contributed by atoms with Gasteiger partial charge in [0, 0.05) is 10.0 Å². The first kappa shape index (κ1) is 11.9. The van der Waals surface area contributed by atoms with E-state index in [1.807, 2.05) is 6.92 Å². The van der Waals surface area contributed by atoms with Crippen LogP contribution in [0.4, 0.5) is 0 Å². The van der Waals surface area contributed by atoms with Crippen molar-refractivity contribution in [3.63, 3.8) is 0 Å². The molecule has 0 atom stereocenters. The molecule has 4 heteroatoms. The fourth-order valence-electron chi connectivity index (χ4n) is 1.21. The molecule has 1 aromatic carbocycles. The van der Waals surface area contributed by atoms with E-state index in [1.54, 1.807) is 24.3 Å². The van der Waals surface area contributed by atoms with Gasteiger partial charge >= 0.3 is 0 Å². The summed E-state index contributed by atoms with van der Waals surface area (Å²) in [7, 11) is 0. The maximum Gasteiger partial charge on any atom is 0.210 e. The van der Waals surface area contributed by atoms with Gasteiger partial charge in [0.05, 0.1) is 0 Å². The Kier molecular flexibility index (Phi) is 4.49. The molecular formula is C11H12BrNO2. The molecule has 0 aliphatic heterocycles. The van der Waals surface area contributed by atoms with Crippen molar-refractivity contribution in [2.45, 2.75) is 19.8 Å². The fraction of sp³-hybridized carbons (Fsp3) is 0.273. The summed E-state index contributed by atoms with van der Waals surface area (Å²) in [6.45, 7) is 1.93. The minimum absolute atomic E-state index is 0.208. The molecule has 80 valence electrons. The molecule has 0 aromatic heterocycles. The van der Waals surface area contributed by atoms with Gasteiger partial charge in [-0.05, 0) is 30.7 Å². The molecule has 0 aliphatic rings. The Morgan fingerprint density at radius 2 is 2.00 bits per heavy atom. The van der Waals surface area contributed by atoms with Crippen LogP contribution in [-0.4, -0.2) is 16.7 Å². The van der Waals surface area contributed by atoms with Gasteiger partial charge < -0.3 is 5.21 Å². The molecule has 1 aromatic rings. The van der Waals surface area contributed by atoms with Crippen molar-refractivity contribution in [1.29, 1.82) is 0 Å². The normalized spacial score (nSPS) is 11.5. The second-order valence-electron chi connectivity index (χ2n) is 3.13. The average molecular weight is 270 g/mol. The number of rotatable bonds is 4. The largest absolute Gasteiger partial charge is 0.411 e. The first-order chi connectivity index (χ1) is 7.19. The minimum Gasteiger partial charge on any atom is -0.411 e. The van der Waals surface area contributed by atoms with Crippen molar-refractivity contribution < 1.29 is 10.0 Å². The number of ketones is 1. The highest BCUT2D eigenvalue weighted by Gasteiger charge is 2.13. The molecule has 0 bridgehead atoms. The zero-order valence-electron chi connectivity index (χ0n) is 8.40. The predicted octanol–water partition coefficient (Wildman–Crippen LogP) is 3.26. The Labute approximate surface area is 96.9 Å². The summed E-state index contributed by atoms with van der Waals surface area (Å²) in [6, 6.07) is 6.98. The van der Waals surface area contributed by atoms with E-state index in [0.717, 1.165) is 10.9 Å². The van der Waals surface area contributed by atoms with E-state index in [0.29, 0.717) is 12.0 Å². The van der Waals surface area contributed by atoms with Crippen LogP contribution in [0.1, 0.15) is 30.1 Å². The molecule has 0 saturated heterocycles. The monoisotopic (exact) mass is 269 g/mol. The van der Waals surface area contributed by atoms with Gasteiger partial charge in [-0.2, -0.15) is 0 Å². The summed E-state index contributed by atoms with van der Waals surface area (Å²) in [5.74, 6) is -0.216. The molecule has 0 saturated carbocycles. The van der Waals surface area contributed by atoms with Crippen LogP contribution < -0.4 is 0 Å². The van der Waals surface area contributed by atoms with Crippen LogP contribution in [0.3, 0.4) is 0 Å². The number of benzene rings is 1. The zero-order chi connectivity index (χ0) is 11.3. The molecule has 0 heterocycles. The van der Waals surface area contributed by atoms with Crippen molar-refractivity contribution in [3.8, 4) is 0 Å². The van der Waals surface area contributed by atoms with Crippen LogP contribution in [0.15, 0.2) is 33.9 Å². The van der Waals surface area contributed by atoms with Crippen LogP contribution in [0.2, 0.25) is 0 Å². The third-order valence-corrected chi connectivity index (χ3v) is 2.50. The highest BCUT2D eigenvalue weighted by Crippen LogP contribution is 2.12. The molecular weight excluding hydrogens is 258 g/mol. The summed E-state index contributed by atoms with van der Waals surface area (Å²) >= 11 is 3.29. The lowest BCUT2D eigenvalue weighted by atomic mass is 10.0. The molecule has 0 fully saturated rings. The molecule has 0 amide bonds. The van der Waals surface area contributed by atoms with Crippen LogP contribution >= 0.6 is 15.9 Å². The average Bonchev–Trinajstić information content (AvgIpc) is 2.26. The summed E-state index contributed by atoms with van der Waals surface area (Å²) in [4.78, 5) is 11.8. The van der Waals surface area contributed by atoms with E-state index in [9.17, 15) is 4.79 Å². The molecule has 0 aliphatic carbocycles. The first-order valence-corrected chi connectivity index (χ1v) is 5.49. The maximum atomic E-state index is 11.8. The van der Waals surface area contributed by atoms with Crippen LogP contribution in [0.25, 0.3) is 0 Å². The molecule has 15 heavy (non-hydrogen) atoms. The number of hydrogen-bond donors (Lipinski definition) is 1. The highest BCUT2D eigenvalue weighted by molar-refractivity contribution is 9.10. The quantitative estimate of drug-likeness (QED) is 0.395. The van der Waals surface area contributed by atoms with Crippen molar-refractivity contribution >= 4 is 27.4 Å². The summed E-state index contributed by atoms with van der Waals surface area (Å²) in [5.41, 5.74) is 0.749. The molecule has 0 unspecified atom stereocenters. The number of carbonyl (C=O) groups is 1. The maximum absolute atomic E-state index is 11.8. The Morgan fingerprint density at radius 1 is 1.40 bits per heavy atom. The van der Waals surface area contributed by atoms with Crippen molar-refractivity contribution in [2.24, 2.45) is 5.16 Å². The number of Topliss-reactive ketones (excluding diaryl/α,β-unsaturated/α-hetero) is 1. The number of oxime groups is 1. The minimum atomic E-state index is -0.216. The Bertz CT molecular complexity index is 371. The lowest BCUT2D eigenvalue weighted by Crippen LogP contribution is -2.14. The van der Waals surface area contributed by atoms with Crippen LogP contribution in [0, 0.1) is 0 Å². The van der Waals surface area contributed by atoms with E-state index >= 15 is 0 Å². The third-order valence-electron chi connectivity index (χ3n) is 1.98. The van der Waals surface area contributed by atoms with Gasteiger partial charge in [0.2, 0.25) is 5.78 Å². The van der Waals surface area contributed by atoms with E-state index in [4.69, 9.17) is 5.21 Å². The topological polar surface area (TPSA) is 49.7 Å². The van der Waals surface area contributed by atoms with Gasteiger partial charge in [0.25, 0.3) is 0 Å². The number of hydrogen-bond acceptors (Lipinski definition) is 3. The predicted molar refractivity (Wildman–Crippen MR) is 62.6 cm³/mol. The molecule has 3 nitrogen and oxygen atoms in total. The van der Waals surface area contributed by atoms with E-state index in [2.05, 4.69) is 21.1 Å². The first-order valence-electron chi connectivity index (χ1n) is 4.70. The van der Waals surface area contributed by atoms with E-state index in [-0.39, 0.29) is 11.5 Å². The Hall–Kier alpha value is -1.16. The standard InChI is InChI=1S/C11H12BrNO2/c1-2-3-10(13-15)11(14)8-4-6-9(12)7-5-8/h4-7,15H,2-3H2,1H3/b13-10+. The van der Waals surface area contributed by atoms with E-state index in [1.165, 1.54) is 0 Å². The Morgan fingerprint density at radius 3 is 2.47 bits per heavy atom. The molecule has 0 radical (unpaired) electrons. The van der Waals surface area contributed by atoms with Gasteiger partial charge in [0.15, 0.2) is 0 Å². The fourth-order valence-corrected chi connectivity index (χ4v) is 1.48. The zero-order valence-corrected chi connectivity index (χ0v) is 9.99. The smallest absolute Gasteiger partial charge is 0.210 e. The van der Waals surface area contributed by atoms with Gasteiger partial charge in [-0.15, -0.1) is 0 Å². The van der Waals surface area contributed by atoms with Crippen molar-refractivity contribution in [3.05, 3.63) is 34.3 Å². The second kappa shape index (κ2) is 5.66. The lowest BCUT2D eigenvalue weighted by molar-refractivity contribution is 0.105. The summed E-state index contributed by atoms with van der Waals surface area (Å²) in [5, 5.41) is 11.7.